The highest BCUT2D eigenvalue weighted by Crippen LogP contribution is 2.33. The quantitative estimate of drug-likeness (QED) is 0.604. The molecule has 1 fully saturated rings. The summed E-state index contributed by atoms with van der Waals surface area (Å²) in [6.45, 7) is 3.56. The number of piperazine rings is 1. The Labute approximate surface area is 135 Å². The van der Waals surface area contributed by atoms with Crippen LogP contribution < -0.4 is 10.1 Å². The summed E-state index contributed by atoms with van der Waals surface area (Å²) in [6.07, 6.45) is 0.559. The van der Waals surface area contributed by atoms with Gasteiger partial charge in [0.15, 0.2) is 5.75 Å². The summed E-state index contributed by atoms with van der Waals surface area (Å²) in [4.78, 5) is 13.0. The SMILES string of the molecule is COc1ccc([C@H](CCO)N2CCNCC2)cc1[N+](=O)[O-].Cl. The van der Waals surface area contributed by atoms with Gasteiger partial charge in [-0.3, -0.25) is 15.0 Å². The van der Waals surface area contributed by atoms with Crippen molar-refractivity contribution in [3.63, 3.8) is 0 Å². The number of nitro groups is 1. The molecule has 1 heterocycles. The maximum Gasteiger partial charge on any atom is 0.311 e. The van der Waals surface area contributed by atoms with Crippen molar-refractivity contribution < 1.29 is 14.8 Å². The van der Waals surface area contributed by atoms with Crippen molar-refractivity contribution >= 4 is 18.1 Å². The molecule has 1 aromatic rings. The van der Waals surface area contributed by atoms with E-state index in [-0.39, 0.29) is 36.5 Å². The van der Waals surface area contributed by atoms with Crippen molar-refractivity contribution in [1.29, 1.82) is 0 Å². The lowest BCUT2D eigenvalue weighted by molar-refractivity contribution is -0.385. The Kier molecular flexibility index (Phi) is 7.53. The number of ether oxygens (including phenoxy) is 1. The fourth-order valence-electron chi connectivity index (χ4n) is 2.73. The van der Waals surface area contributed by atoms with E-state index >= 15 is 0 Å². The molecule has 2 rings (SSSR count). The first-order valence-corrected chi connectivity index (χ1v) is 7.05. The van der Waals surface area contributed by atoms with Crippen molar-refractivity contribution in [2.45, 2.75) is 12.5 Å². The van der Waals surface area contributed by atoms with Crippen LogP contribution in [0.2, 0.25) is 0 Å². The number of benzene rings is 1. The highest BCUT2D eigenvalue weighted by molar-refractivity contribution is 5.85. The number of nitrogens with zero attached hydrogens (tertiary/aromatic N) is 2. The highest BCUT2D eigenvalue weighted by atomic mass is 35.5. The van der Waals surface area contributed by atoms with Crippen LogP contribution in [0.4, 0.5) is 5.69 Å². The molecular weight excluding hydrogens is 310 g/mol. The first kappa shape index (κ1) is 18.6. The smallest absolute Gasteiger partial charge is 0.311 e. The van der Waals surface area contributed by atoms with Crippen LogP contribution in [0.15, 0.2) is 18.2 Å². The van der Waals surface area contributed by atoms with Gasteiger partial charge in [-0.1, -0.05) is 6.07 Å². The fraction of sp³-hybridized carbons (Fsp3) is 0.571. The Morgan fingerprint density at radius 2 is 2.14 bits per heavy atom. The van der Waals surface area contributed by atoms with Gasteiger partial charge in [0, 0.05) is 44.9 Å². The van der Waals surface area contributed by atoms with Crippen LogP contribution in [0.5, 0.6) is 5.75 Å². The third kappa shape index (κ3) is 4.30. The molecule has 7 nitrogen and oxygen atoms in total. The first-order chi connectivity index (χ1) is 10.2. The minimum absolute atomic E-state index is 0. The van der Waals surface area contributed by atoms with Crippen molar-refractivity contribution in [3.8, 4) is 5.75 Å². The number of hydrogen-bond acceptors (Lipinski definition) is 6. The van der Waals surface area contributed by atoms with Crippen LogP contribution in [0, 0.1) is 10.1 Å². The van der Waals surface area contributed by atoms with E-state index in [1.54, 1.807) is 12.1 Å². The molecule has 0 radical (unpaired) electrons. The molecule has 1 aliphatic rings. The van der Waals surface area contributed by atoms with E-state index in [2.05, 4.69) is 10.2 Å². The van der Waals surface area contributed by atoms with E-state index in [1.807, 2.05) is 6.07 Å². The molecular formula is C14H22ClN3O4. The zero-order valence-electron chi connectivity index (χ0n) is 12.5. The molecule has 22 heavy (non-hydrogen) atoms. The van der Waals surface area contributed by atoms with E-state index in [1.165, 1.54) is 7.11 Å². The van der Waals surface area contributed by atoms with Gasteiger partial charge < -0.3 is 15.2 Å². The van der Waals surface area contributed by atoms with Gasteiger partial charge in [0.2, 0.25) is 0 Å². The van der Waals surface area contributed by atoms with E-state index in [0.717, 1.165) is 31.7 Å². The Balaban J connectivity index is 0.00000242. The number of aliphatic hydroxyl groups excluding tert-OH is 1. The van der Waals surface area contributed by atoms with Gasteiger partial charge in [-0.25, -0.2) is 0 Å². The van der Waals surface area contributed by atoms with Gasteiger partial charge in [-0.05, 0) is 18.1 Å². The van der Waals surface area contributed by atoms with Crippen molar-refractivity contribution in [2.75, 3.05) is 39.9 Å². The molecule has 1 atom stereocenters. The maximum atomic E-state index is 11.1. The van der Waals surface area contributed by atoms with Gasteiger partial charge in [-0.2, -0.15) is 0 Å². The van der Waals surface area contributed by atoms with Gasteiger partial charge in [0.25, 0.3) is 0 Å². The molecule has 0 aromatic heterocycles. The van der Waals surface area contributed by atoms with Crippen LogP contribution >= 0.6 is 12.4 Å². The summed E-state index contributed by atoms with van der Waals surface area (Å²) in [5, 5.41) is 23.7. The van der Waals surface area contributed by atoms with Crippen LogP contribution in [0.25, 0.3) is 0 Å². The van der Waals surface area contributed by atoms with E-state index < -0.39 is 4.92 Å². The van der Waals surface area contributed by atoms with Gasteiger partial charge in [-0.15, -0.1) is 12.4 Å². The topological polar surface area (TPSA) is 87.9 Å². The van der Waals surface area contributed by atoms with Crippen molar-refractivity contribution in [1.82, 2.24) is 10.2 Å². The molecule has 124 valence electrons. The molecule has 0 aliphatic carbocycles. The number of nitrogens with one attached hydrogen (secondary N) is 1. The van der Waals surface area contributed by atoms with E-state index in [9.17, 15) is 15.2 Å². The summed E-state index contributed by atoms with van der Waals surface area (Å²) in [5.41, 5.74) is 0.812. The summed E-state index contributed by atoms with van der Waals surface area (Å²) in [7, 11) is 1.42. The summed E-state index contributed by atoms with van der Waals surface area (Å²) in [6, 6.07) is 5.01. The lowest BCUT2D eigenvalue weighted by Gasteiger charge is -2.35. The molecule has 8 heteroatoms. The molecule has 0 amide bonds. The predicted octanol–water partition coefficient (Wildman–Crippen LogP) is 1.35. The molecule has 1 aliphatic heterocycles. The number of halogens is 1. The zero-order valence-corrected chi connectivity index (χ0v) is 13.3. The van der Waals surface area contributed by atoms with Gasteiger partial charge >= 0.3 is 5.69 Å². The minimum atomic E-state index is -0.434. The average Bonchev–Trinajstić information content (AvgIpc) is 2.52. The Morgan fingerprint density at radius 3 is 2.68 bits per heavy atom. The fourth-order valence-corrected chi connectivity index (χ4v) is 2.73. The van der Waals surface area contributed by atoms with Crippen molar-refractivity contribution in [3.05, 3.63) is 33.9 Å². The molecule has 0 saturated carbocycles. The molecule has 2 N–H and O–H groups in total. The largest absolute Gasteiger partial charge is 0.490 e. The molecule has 1 aromatic carbocycles. The number of methoxy groups -OCH3 is 1. The first-order valence-electron chi connectivity index (χ1n) is 7.05. The van der Waals surface area contributed by atoms with Crippen LogP contribution in [-0.4, -0.2) is 54.8 Å². The number of hydrogen-bond donors (Lipinski definition) is 2. The van der Waals surface area contributed by atoms with E-state index in [0.29, 0.717) is 6.42 Å². The Bertz CT molecular complexity index is 495. The Morgan fingerprint density at radius 1 is 1.45 bits per heavy atom. The lowest BCUT2D eigenvalue weighted by atomic mass is 10.0. The van der Waals surface area contributed by atoms with Gasteiger partial charge in [0.1, 0.15) is 0 Å². The van der Waals surface area contributed by atoms with Crippen LogP contribution in [0.1, 0.15) is 18.0 Å². The summed E-state index contributed by atoms with van der Waals surface area (Å²) < 4.78 is 5.03. The highest BCUT2D eigenvalue weighted by Gasteiger charge is 2.25. The predicted molar refractivity (Wildman–Crippen MR) is 85.8 cm³/mol. The number of aliphatic hydroxyl groups is 1. The summed E-state index contributed by atoms with van der Waals surface area (Å²) >= 11 is 0. The summed E-state index contributed by atoms with van der Waals surface area (Å²) in [5.74, 6) is 0.256. The van der Waals surface area contributed by atoms with Crippen LogP contribution in [-0.2, 0) is 0 Å². The number of nitro benzene ring substituents is 1. The molecule has 1 saturated heterocycles. The Hall–Kier alpha value is -1.41. The average molecular weight is 332 g/mol. The van der Waals surface area contributed by atoms with Crippen LogP contribution in [0.3, 0.4) is 0 Å². The molecule has 0 spiro atoms. The monoisotopic (exact) mass is 331 g/mol. The second-order valence-electron chi connectivity index (χ2n) is 5.00. The second-order valence-corrected chi connectivity index (χ2v) is 5.00. The normalized spacial score (nSPS) is 16.6. The third-order valence-corrected chi connectivity index (χ3v) is 3.78. The number of rotatable bonds is 6. The standard InChI is InChI=1S/C14H21N3O4.ClH/c1-21-14-3-2-11(10-13(14)17(19)20)12(4-9-18)16-7-5-15-6-8-16;/h2-3,10,12,15,18H,4-9H2,1H3;1H/t12-;/m0./s1. The van der Waals surface area contributed by atoms with E-state index in [4.69, 9.17) is 4.74 Å². The maximum absolute atomic E-state index is 11.1. The van der Waals surface area contributed by atoms with Crippen molar-refractivity contribution in [2.24, 2.45) is 0 Å². The molecule has 0 unspecified atom stereocenters. The zero-order chi connectivity index (χ0) is 15.2. The molecule has 0 bridgehead atoms. The lowest BCUT2D eigenvalue weighted by Crippen LogP contribution is -2.45. The minimum Gasteiger partial charge on any atom is -0.490 e. The van der Waals surface area contributed by atoms with Gasteiger partial charge in [0.05, 0.1) is 12.0 Å². The second kappa shape index (κ2) is 8.89. The third-order valence-electron chi connectivity index (χ3n) is 3.78.